The summed E-state index contributed by atoms with van der Waals surface area (Å²) in [6.45, 7) is 7.16. The minimum Gasteiger partial charge on any atom is -0.306 e. The maximum absolute atomic E-state index is 14.3. The molecule has 2 heterocycles. The Bertz CT molecular complexity index is 722. The van der Waals surface area contributed by atoms with Crippen LogP contribution < -0.4 is 4.90 Å². The van der Waals surface area contributed by atoms with Crippen LogP contribution in [0.15, 0.2) is 30.6 Å². The molecule has 1 fully saturated rings. The summed E-state index contributed by atoms with van der Waals surface area (Å²) in [6.07, 6.45) is 2.60. The number of nitrogens with zero attached hydrogens (tertiary/aromatic N) is 6. The highest BCUT2D eigenvalue weighted by Crippen LogP contribution is 2.29. The van der Waals surface area contributed by atoms with Crippen LogP contribution in [0.1, 0.15) is 26.7 Å². The summed E-state index contributed by atoms with van der Waals surface area (Å²) in [7, 11) is 0. The predicted molar refractivity (Wildman–Crippen MR) is 96.0 cm³/mol. The lowest BCUT2D eigenvalue weighted by atomic mass is 9.91. The average molecular weight is 360 g/mol. The Balaban J connectivity index is 1.69. The minimum atomic E-state index is -0.346. The molecule has 0 aliphatic carbocycles. The number of amides is 1. The highest BCUT2D eigenvalue weighted by molar-refractivity contribution is 5.94. The first kappa shape index (κ1) is 18.4. The number of carbonyl (C=O) groups is 1. The zero-order chi connectivity index (χ0) is 18.5. The van der Waals surface area contributed by atoms with E-state index in [1.807, 2.05) is 6.92 Å². The molecule has 8 heteroatoms. The number of benzene rings is 1. The van der Waals surface area contributed by atoms with Crippen LogP contribution in [-0.2, 0) is 11.3 Å². The minimum absolute atomic E-state index is 0.0000880. The SMILES string of the molecule is CCC(=O)N(c1ccccc1F)C1CCN(CCn2ncnn2)CC1C. The molecule has 7 nitrogen and oxygen atoms in total. The first-order chi connectivity index (χ1) is 12.6. The molecule has 26 heavy (non-hydrogen) atoms. The van der Waals surface area contributed by atoms with Gasteiger partial charge in [0.25, 0.3) is 0 Å². The van der Waals surface area contributed by atoms with Gasteiger partial charge in [-0.05, 0) is 29.7 Å². The van der Waals surface area contributed by atoms with Gasteiger partial charge in [0, 0.05) is 32.1 Å². The zero-order valence-electron chi connectivity index (χ0n) is 15.3. The maximum atomic E-state index is 14.3. The quantitative estimate of drug-likeness (QED) is 0.788. The van der Waals surface area contributed by atoms with Gasteiger partial charge in [-0.15, -0.1) is 10.2 Å². The van der Waals surface area contributed by atoms with Crippen molar-refractivity contribution in [1.29, 1.82) is 0 Å². The fourth-order valence-corrected chi connectivity index (χ4v) is 3.64. The van der Waals surface area contributed by atoms with E-state index in [4.69, 9.17) is 0 Å². The second-order valence-corrected chi connectivity index (χ2v) is 6.73. The number of hydrogen-bond donors (Lipinski definition) is 0. The third kappa shape index (κ3) is 4.07. The van der Waals surface area contributed by atoms with E-state index in [-0.39, 0.29) is 23.7 Å². The van der Waals surface area contributed by atoms with Crippen molar-refractivity contribution in [3.05, 3.63) is 36.4 Å². The van der Waals surface area contributed by atoms with Gasteiger partial charge in [0.2, 0.25) is 5.91 Å². The molecule has 140 valence electrons. The Kier molecular flexibility index (Phi) is 5.92. The van der Waals surface area contributed by atoms with Crippen LogP contribution in [0.5, 0.6) is 0 Å². The van der Waals surface area contributed by atoms with Gasteiger partial charge in [-0.25, -0.2) is 4.39 Å². The predicted octanol–water partition coefficient (Wildman–Crippen LogP) is 1.97. The van der Waals surface area contributed by atoms with Gasteiger partial charge >= 0.3 is 0 Å². The molecule has 1 aliphatic heterocycles. The number of carbonyl (C=O) groups excluding carboxylic acids is 1. The van der Waals surface area contributed by atoms with Crippen LogP contribution in [0.4, 0.5) is 10.1 Å². The van der Waals surface area contributed by atoms with Crippen LogP contribution >= 0.6 is 0 Å². The van der Waals surface area contributed by atoms with Gasteiger partial charge < -0.3 is 9.80 Å². The second-order valence-electron chi connectivity index (χ2n) is 6.73. The molecule has 1 aromatic heterocycles. The van der Waals surface area contributed by atoms with Crippen LogP contribution in [0.3, 0.4) is 0 Å². The molecular weight excluding hydrogens is 335 g/mol. The average Bonchev–Trinajstić information content (AvgIpc) is 3.16. The van der Waals surface area contributed by atoms with Crippen molar-refractivity contribution in [2.45, 2.75) is 39.3 Å². The fraction of sp³-hybridized carbons (Fsp3) is 0.556. The molecule has 0 bridgehead atoms. The van der Waals surface area contributed by atoms with Crippen molar-refractivity contribution in [2.24, 2.45) is 5.92 Å². The standard InChI is InChI=1S/C18H25FN6O/c1-3-18(26)25(17-7-5-4-6-15(17)19)16-8-9-23(12-14(16)2)10-11-24-21-13-20-22-24/h4-7,13-14,16H,3,8-12H2,1-2H3. The number of rotatable bonds is 6. The van der Waals surface area contributed by atoms with E-state index in [0.29, 0.717) is 18.7 Å². The molecule has 0 radical (unpaired) electrons. The highest BCUT2D eigenvalue weighted by Gasteiger charge is 2.34. The molecule has 1 saturated heterocycles. The van der Waals surface area contributed by atoms with E-state index in [9.17, 15) is 9.18 Å². The summed E-state index contributed by atoms with van der Waals surface area (Å²) in [5.74, 6) is -0.143. The Labute approximate surface area is 152 Å². The Morgan fingerprint density at radius 1 is 1.35 bits per heavy atom. The lowest BCUT2D eigenvalue weighted by Crippen LogP contribution is -2.53. The largest absolute Gasteiger partial charge is 0.306 e. The van der Waals surface area contributed by atoms with E-state index in [1.165, 1.54) is 12.4 Å². The molecule has 1 amide bonds. The maximum Gasteiger partial charge on any atom is 0.227 e. The number of halogens is 1. The monoisotopic (exact) mass is 360 g/mol. The summed E-state index contributed by atoms with van der Waals surface area (Å²) in [4.78, 5) is 18.2. The number of piperidine rings is 1. The normalized spacial score (nSPS) is 20.9. The highest BCUT2D eigenvalue weighted by atomic mass is 19.1. The van der Waals surface area contributed by atoms with Gasteiger partial charge in [-0.1, -0.05) is 26.0 Å². The first-order valence-corrected chi connectivity index (χ1v) is 9.10. The third-order valence-corrected chi connectivity index (χ3v) is 4.97. The summed E-state index contributed by atoms with van der Waals surface area (Å²) in [6, 6.07) is 6.53. The Morgan fingerprint density at radius 3 is 2.81 bits per heavy atom. The van der Waals surface area contributed by atoms with Crippen molar-refractivity contribution in [3.63, 3.8) is 0 Å². The summed E-state index contributed by atoms with van der Waals surface area (Å²) < 4.78 is 14.3. The number of hydrogen-bond acceptors (Lipinski definition) is 5. The van der Waals surface area contributed by atoms with Crippen molar-refractivity contribution >= 4 is 11.6 Å². The van der Waals surface area contributed by atoms with E-state index < -0.39 is 0 Å². The molecular formula is C18H25FN6O. The summed E-state index contributed by atoms with van der Waals surface area (Å²) in [5, 5.41) is 11.6. The summed E-state index contributed by atoms with van der Waals surface area (Å²) >= 11 is 0. The number of tetrazole rings is 1. The first-order valence-electron chi connectivity index (χ1n) is 9.10. The summed E-state index contributed by atoms with van der Waals surface area (Å²) in [5.41, 5.74) is 0.386. The van der Waals surface area contributed by atoms with Gasteiger partial charge in [0.05, 0.1) is 12.2 Å². The van der Waals surface area contributed by atoms with Gasteiger partial charge in [-0.3, -0.25) is 4.79 Å². The zero-order valence-corrected chi connectivity index (χ0v) is 15.3. The number of anilines is 1. The fourth-order valence-electron chi connectivity index (χ4n) is 3.64. The molecule has 0 spiro atoms. The van der Waals surface area contributed by atoms with Crippen molar-refractivity contribution in [2.75, 3.05) is 24.5 Å². The van der Waals surface area contributed by atoms with Crippen LogP contribution in [-0.4, -0.2) is 56.7 Å². The van der Waals surface area contributed by atoms with Crippen molar-refractivity contribution < 1.29 is 9.18 Å². The van der Waals surface area contributed by atoms with Crippen molar-refractivity contribution in [1.82, 2.24) is 25.1 Å². The molecule has 2 aromatic rings. The van der Waals surface area contributed by atoms with E-state index >= 15 is 0 Å². The molecule has 3 rings (SSSR count). The van der Waals surface area contributed by atoms with E-state index in [2.05, 4.69) is 27.2 Å². The van der Waals surface area contributed by atoms with Crippen LogP contribution in [0, 0.1) is 11.7 Å². The van der Waals surface area contributed by atoms with E-state index in [0.717, 1.165) is 26.1 Å². The van der Waals surface area contributed by atoms with Crippen LogP contribution in [0.2, 0.25) is 0 Å². The second kappa shape index (κ2) is 8.35. The number of para-hydroxylation sites is 1. The topological polar surface area (TPSA) is 67.2 Å². The van der Waals surface area contributed by atoms with E-state index in [1.54, 1.807) is 27.9 Å². The van der Waals surface area contributed by atoms with Gasteiger partial charge in [0.1, 0.15) is 5.82 Å². The molecule has 2 unspecified atom stereocenters. The lowest BCUT2D eigenvalue weighted by Gasteiger charge is -2.42. The molecule has 1 aliphatic rings. The smallest absolute Gasteiger partial charge is 0.227 e. The molecule has 1 aromatic carbocycles. The van der Waals surface area contributed by atoms with Gasteiger partial charge in [-0.2, -0.15) is 4.80 Å². The molecule has 0 saturated carbocycles. The number of likely N-dealkylation sites (tertiary alicyclic amines) is 1. The third-order valence-electron chi connectivity index (χ3n) is 4.97. The number of aromatic nitrogens is 4. The Hall–Kier alpha value is -2.35. The molecule has 0 N–H and O–H groups in total. The lowest BCUT2D eigenvalue weighted by molar-refractivity contribution is -0.119. The molecule has 2 atom stereocenters. The van der Waals surface area contributed by atoms with Crippen molar-refractivity contribution in [3.8, 4) is 0 Å². The Morgan fingerprint density at radius 2 is 2.15 bits per heavy atom. The van der Waals surface area contributed by atoms with Crippen LogP contribution in [0.25, 0.3) is 0 Å². The van der Waals surface area contributed by atoms with Gasteiger partial charge in [0.15, 0.2) is 6.33 Å².